The van der Waals surface area contributed by atoms with Crippen molar-refractivity contribution >= 4 is 33.1 Å². The summed E-state index contributed by atoms with van der Waals surface area (Å²) in [5.41, 5.74) is 7.83. The number of nitrogens with one attached hydrogen (secondary N) is 2. The summed E-state index contributed by atoms with van der Waals surface area (Å²) < 4.78 is 35.8. The van der Waals surface area contributed by atoms with Crippen LogP contribution >= 0.6 is 0 Å². The minimum absolute atomic E-state index is 0.0143. The van der Waals surface area contributed by atoms with E-state index >= 15 is 0 Å². The summed E-state index contributed by atoms with van der Waals surface area (Å²) in [7, 11) is -0.321. The molecule has 0 aliphatic carbocycles. The van der Waals surface area contributed by atoms with Crippen LogP contribution in [0.5, 0.6) is 5.88 Å². The molecule has 4 N–H and O–H groups in total. The number of amides is 1. The average molecular weight is 475 g/mol. The molecule has 1 aromatic carbocycles. The van der Waals surface area contributed by atoms with E-state index < -0.39 is 15.9 Å². The number of carbonyl (C=O) groups is 1. The normalized spacial score (nSPS) is 11.2. The number of nitrogens with two attached hydrogens (primary N) is 1. The number of aromatic amines is 1. The molecule has 2 aromatic heterocycles. The topological polar surface area (TPSA) is 153 Å². The number of sulfonamides is 1. The van der Waals surface area contributed by atoms with Crippen LogP contribution in [0, 0.1) is 0 Å². The van der Waals surface area contributed by atoms with Crippen LogP contribution in [-0.4, -0.2) is 62.6 Å². The Morgan fingerprint density at radius 1 is 1.21 bits per heavy atom. The highest BCUT2D eigenvalue weighted by Crippen LogP contribution is 2.30. The summed E-state index contributed by atoms with van der Waals surface area (Å²) in [6, 6.07) is 10.0. The number of nitrogens with zero attached hydrogens (tertiary/aromatic N) is 3. The fraction of sp³-hybridized carbons (Fsp3) is 0.286. The van der Waals surface area contributed by atoms with Crippen molar-refractivity contribution < 1.29 is 22.7 Å². The first kappa shape index (κ1) is 24.0. The molecule has 33 heavy (non-hydrogen) atoms. The Labute approximate surface area is 192 Å². The van der Waals surface area contributed by atoms with Gasteiger partial charge in [-0.15, -0.1) is 0 Å². The van der Waals surface area contributed by atoms with Crippen LogP contribution in [0.3, 0.4) is 0 Å². The maximum absolute atomic E-state index is 12.2. The molecule has 12 heteroatoms. The molecule has 1 amide bonds. The maximum Gasteiger partial charge on any atom is 0.254 e. The van der Waals surface area contributed by atoms with Gasteiger partial charge in [-0.2, -0.15) is 5.10 Å². The lowest BCUT2D eigenvalue weighted by molar-refractivity contribution is 0.100. The zero-order valence-electron chi connectivity index (χ0n) is 18.5. The van der Waals surface area contributed by atoms with Crippen LogP contribution in [0.15, 0.2) is 42.6 Å². The number of carbonyl (C=O) groups excluding carboxylic acids is 1. The second-order valence-electron chi connectivity index (χ2n) is 6.95. The fourth-order valence-electron chi connectivity index (χ4n) is 3.00. The minimum atomic E-state index is -3.39. The lowest BCUT2D eigenvalue weighted by atomic mass is 10.1. The van der Waals surface area contributed by atoms with Gasteiger partial charge in [0.2, 0.25) is 15.9 Å². The van der Waals surface area contributed by atoms with Gasteiger partial charge in [-0.25, -0.2) is 13.4 Å². The van der Waals surface area contributed by atoms with Gasteiger partial charge in [-0.05, 0) is 25.1 Å². The molecule has 0 unspecified atom stereocenters. The lowest BCUT2D eigenvalue weighted by Crippen LogP contribution is -2.27. The number of anilines is 3. The Morgan fingerprint density at radius 2 is 1.94 bits per heavy atom. The molecule has 0 saturated heterocycles. The van der Waals surface area contributed by atoms with Gasteiger partial charge in [0.15, 0.2) is 0 Å². The van der Waals surface area contributed by atoms with Gasteiger partial charge in [-0.1, -0.05) is 12.1 Å². The largest absolute Gasteiger partial charge is 0.475 e. The van der Waals surface area contributed by atoms with E-state index in [0.717, 1.165) is 0 Å². The predicted molar refractivity (Wildman–Crippen MR) is 125 cm³/mol. The quantitative estimate of drug-likeness (QED) is 0.357. The number of rotatable bonds is 11. The first-order chi connectivity index (χ1) is 15.8. The molecule has 3 aromatic rings. The molecular weight excluding hydrogens is 448 g/mol. The number of hydrogen-bond acceptors (Lipinski definition) is 8. The second-order valence-corrected chi connectivity index (χ2v) is 9.24. The van der Waals surface area contributed by atoms with Crippen LogP contribution < -0.4 is 20.1 Å². The monoisotopic (exact) mass is 474 g/mol. The number of methoxy groups -OCH3 is 1. The van der Waals surface area contributed by atoms with Crippen LogP contribution in [0.1, 0.15) is 17.3 Å². The average Bonchev–Trinajstić information content (AvgIpc) is 3.23. The van der Waals surface area contributed by atoms with Gasteiger partial charge in [0, 0.05) is 37.7 Å². The van der Waals surface area contributed by atoms with Crippen molar-refractivity contribution in [3.8, 4) is 17.1 Å². The number of ether oxygens (including phenoxy) is 2. The van der Waals surface area contributed by atoms with Gasteiger partial charge < -0.3 is 20.5 Å². The zero-order valence-corrected chi connectivity index (χ0v) is 19.3. The molecule has 0 atom stereocenters. The first-order valence-corrected chi connectivity index (χ1v) is 11.7. The number of benzene rings is 1. The van der Waals surface area contributed by atoms with Gasteiger partial charge in [0.05, 0.1) is 18.0 Å². The molecule has 0 radical (unpaired) electrons. The standard InChI is InChI=1S/C21H26N6O5S/c1-4-33(29,30)27(2)16-7-5-14(6-8-16)19-18(20(22)28)21(26-25-19)24-15-9-10-23-17(13-15)32-12-11-31-3/h5-10,13H,4,11-12H2,1-3H3,(H2,22,28)(H2,23,24,25,26). The second kappa shape index (κ2) is 10.3. The third-order valence-corrected chi connectivity index (χ3v) is 6.62. The first-order valence-electron chi connectivity index (χ1n) is 10.1. The molecule has 11 nitrogen and oxygen atoms in total. The summed E-state index contributed by atoms with van der Waals surface area (Å²) in [5, 5.41) is 10.1. The predicted octanol–water partition coefficient (Wildman–Crippen LogP) is 2.13. The molecule has 0 saturated carbocycles. The molecule has 0 bridgehead atoms. The van der Waals surface area contributed by atoms with Gasteiger partial charge >= 0.3 is 0 Å². The molecule has 2 heterocycles. The van der Waals surface area contributed by atoms with Crippen LogP contribution in [-0.2, 0) is 14.8 Å². The SMILES string of the molecule is CCS(=O)(=O)N(C)c1ccc(-c2n[nH]c(Nc3ccnc(OCCOC)c3)c2C(N)=O)cc1. The highest BCUT2D eigenvalue weighted by molar-refractivity contribution is 7.92. The van der Waals surface area contributed by atoms with E-state index in [4.69, 9.17) is 15.2 Å². The third-order valence-electron chi connectivity index (χ3n) is 4.84. The molecule has 0 aliphatic rings. The van der Waals surface area contributed by atoms with Crippen molar-refractivity contribution in [2.75, 3.05) is 42.7 Å². The smallest absolute Gasteiger partial charge is 0.254 e. The summed E-state index contributed by atoms with van der Waals surface area (Å²) in [6.07, 6.45) is 1.56. The molecule has 0 aliphatic heterocycles. The molecule has 176 valence electrons. The van der Waals surface area contributed by atoms with Gasteiger partial charge in [-0.3, -0.25) is 14.2 Å². The zero-order chi connectivity index (χ0) is 24.0. The van der Waals surface area contributed by atoms with Gasteiger partial charge in [0.1, 0.15) is 23.7 Å². The molecule has 0 fully saturated rings. The highest BCUT2D eigenvalue weighted by atomic mass is 32.2. The molecule has 0 spiro atoms. The van der Waals surface area contributed by atoms with Crippen molar-refractivity contribution in [3.63, 3.8) is 0 Å². The van der Waals surface area contributed by atoms with Crippen molar-refractivity contribution in [3.05, 3.63) is 48.2 Å². The summed E-state index contributed by atoms with van der Waals surface area (Å²) in [4.78, 5) is 16.4. The summed E-state index contributed by atoms with van der Waals surface area (Å²) >= 11 is 0. The Hall–Kier alpha value is -3.64. The van der Waals surface area contributed by atoms with Crippen molar-refractivity contribution in [2.45, 2.75) is 6.92 Å². The van der Waals surface area contributed by atoms with E-state index in [-0.39, 0.29) is 11.3 Å². The summed E-state index contributed by atoms with van der Waals surface area (Å²) in [6.45, 7) is 2.35. The summed E-state index contributed by atoms with van der Waals surface area (Å²) in [5.74, 6) is 0.00154. The number of pyridine rings is 1. The highest BCUT2D eigenvalue weighted by Gasteiger charge is 2.21. The van der Waals surface area contributed by atoms with Crippen LogP contribution in [0.2, 0.25) is 0 Å². The minimum Gasteiger partial charge on any atom is -0.475 e. The number of primary amides is 1. The van der Waals surface area contributed by atoms with Crippen LogP contribution in [0.4, 0.5) is 17.2 Å². The Morgan fingerprint density at radius 3 is 2.58 bits per heavy atom. The molecular formula is C21H26N6O5S. The van der Waals surface area contributed by atoms with E-state index in [9.17, 15) is 13.2 Å². The van der Waals surface area contributed by atoms with Gasteiger partial charge in [0.25, 0.3) is 5.91 Å². The Balaban J connectivity index is 1.86. The van der Waals surface area contributed by atoms with E-state index in [2.05, 4.69) is 20.5 Å². The van der Waals surface area contributed by atoms with Crippen LogP contribution in [0.25, 0.3) is 11.3 Å². The molecule has 3 rings (SSSR count). The lowest BCUT2D eigenvalue weighted by Gasteiger charge is -2.18. The number of hydrogen-bond donors (Lipinski definition) is 3. The fourth-order valence-corrected chi connectivity index (χ4v) is 3.83. The van der Waals surface area contributed by atoms with Crippen molar-refractivity contribution in [1.29, 1.82) is 0 Å². The Bertz CT molecular complexity index is 1210. The number of H-pyrrole nitrogens is 1. The Kier molecular flexibility index (Phi) is 7.51. The van der Waals surface area contributed by atoms with E-state index in [1.807, 2.05) is 0 Å². The van der Waals surface area contributed by atoms with E-state index in [0.29, 0.717) is 47.5 Å². The number of aromatic nitrogens is 3. The van der Waals surface area contributed by atoms with E-state index in [1.54, 1.807) is 56.6 Å². The van der Waals surface area contributed by atoms with Crippen molar-refractivity contribution in [1.82, 2.24) is 15.2 Å². The maximum atomic E-state index is 12.2. The van der Waals surface area contributed by atoms with Crippen molar-refractivity contribution in [2.24, 2.45) is 5.73 Å². The third kappa shape index (κ3) is 5.59. The van der Waals surface area contributed by atoms with E-state index in [1.165, 1.54) is 11.4 Å².